The zero-order valence-electron chi connectivity index (χ0n) is 11.8. The molecule has 0 saturated carbocycles. The quantitative estimate of drug-likeness (QED) is 0.775. The van der Waals surface area contributed by atoms with Crippen molar-refractivity contribution in [3.63, 3.8) is 0 Å². The predicted molar refractivity (Wildman–Crippen MR) is 71.7 cm³/mol. The molecule has 2 atom stereocenters. The Morgan fingerprint density at radius 2 is 1.94 bits per heavy atom. The summed E-state index contributed by atoms with van der Waals surface area (Å²) in [6.07, 6.45) is 2.70. The number of rotatable bonds is 5. The summed E-state index contributed by atoms with van der Waals surface area (Å²) in [5.41, 5.74) is 0. The summed E-state index contributed by atoms with van der Waals surface area (Å²) in [5.74, 6) is 1.67. The summed E-state index contributed by atoms with van der Waals surface area (Å²) < 4.78 is 0. The van der Waals surface area contributed by atoms with Gasteiger partial charge in [-0.25, -0.2) is 0 Å². The fraction of sp³-hybridized carbons (Fsp3) is 1.00. The van der Waals surface area contributed by atoms with Gasteiger partial charge in [0.2, 0.25) is 0 Å². The Hall–Kier alpha value is -0.0800. The minimum absolute atomic E-state index is 0.668. The second kappa shape index (κ2) is 6.61. The third-order valence-corrected chi connectivity index (χ3v) is 3.54. The van der Waals surface area contributed by atoms with Gasteiger partial charge in [-0.15, -0.1) is 0 Å². The molecular weight excluding hydrogens is 196 g/mol. The Morgan fingerprint density at radius 3 is 2.44 bits per heavy atom. The zero-order chi connectivity index (χ0) is 12.1. The molecule has 1 heterocycles. The summed E-state index contributed by atoms with van der Waals surface area (Å²) in [6, 6.07) is 1.38. The average Bonchev–Trinajstić information content (AvgIpc) is 2.15. The highest BCUT2D eigenvalue weighted by molar-refractivity contribution is 4.80. The fourth-order valence-corrected chi connectivity index (χ4v) is 2.61. The van der Waals surface area contributed by atoms with E-state index in [1.165, 1.54) is 32.5 Å². The normalized spacial score (nSPS) is 27.0. The molecular formula is C14H30N2. The van der Waals surface area contributed by atoms with E-state index in [4.69, 9.17) is 0 Å². The molecule has 0 aromatic carbocycles. The lowest BCUT2D eigenvalue weighted by atomic mass is 9.93. The van der Waals surface area contributed by atoms with Crippen molar-refractivity contribution in [1.29, 1.82) is 0 Å². The van der Waals surface area contributed by atoms with Gasteiger partial charge in [0.25, 0.3) is 0 Å². The minimum Gasteiger partial charge on any atom is -0.313 e. The van der Waals surface area contributed by atoms with E-state index in [-0.39, 0.29) is 0 Å². The molecule has 1 rings (SSSR count). The Bertz CT molecular complexity index is 189. The summed E-state index contributed by atoms with van der Waals surface area (Å²) in [4.78, 5) is 2.63. The molecule has 0 aliphatic carbocycles. The van der Waals surface area contributed by atoms with Gasteiger partial charge in [-0.3, -0.25) is 4.90 Å². The van der Waals surface area contributed by atoms with E-state index in [1.54, 1.807) is 0 Å². The molecule has 0 aromatic heterocycles. The van der Waals surface area contributed by atoms with Crippen LogP contribution in [0.25, 0.3) is 0 Å². The topological polar surface area (TPSA) is 15.3 Å². The van der Waals surface area contributed by atoms with E-state index in [9.17, 15) is 0 Å². The maximum Gasteiger partial charge on any atom is 0.0197 e. The van der Waals surface area contributed by atoms with Crippen LogP contribution in [0.2, 0.25) is 0 Å². The number of nitrogens with one attached hydrogen (secondary N) is 1. The van der Waals surface area contributed by atoms with Crippen molar-refractivity contribution in [2.75, 3.05) is 19.6 Å². The van der Waals surface area contributed by atoms with Crippen molar-refractivity contribution < 1.29 is 0 Å². The van der Waals surface area contributed by atoms with Crippen LogP contribution in [-0.2, 0) is 0 Å². The molecule has 2 nitrogen and oxygen atoms in total. The van der Waals surface area contributed by atoms with Crippen molar-refractivity contribution in [3.05, 3.63) is 0 Å². The van der Waals surface area contributed by atoms with E-state index < -0.39 is 0 Å². The van der Waals surface area contributed by atoms with Crippen LogP contribution in [0.3, 0.4) is 0 Å². The van der Waals surface area contributed by atoms with Gasteiger partial charge in [0.1, 0.15) is 0 Å². The average molecular weight is 226 g/mol. The standard InChI is InChI=1S/C14H30N2/c1-11(2)9-16(12(3)4)10-14-8-13(5)6-7-15-14/h11-15H,6-10H2,1-5H3. The molecule has 1 aliphatic rings. The lowest BCUT2D eigenvalue weighted by molar-refractivity contribution is 0.157. The molecule has 1 aliphatic heterocycles. The molecule has 2 unspecified atom stereocenters. The minimum atomic E-state index is 0.668. The number of hydrogen-bond donors (Lipinski definition) is 1. The number of piperidine rings is 1. The molecule has 1 N–H and O–H groups in total. The van der Waals surface area contributed by atoms with Gasteiger partial charge < -0.3 is 5.32 Å². The number of nitrogens with zero attached hydrogens (tertiary/aromatic N) is 1. The van der Waals surface area contributed by atoms with Crippen LogP contribution in [0.4, 0.5) is 0 Å². The molecule has 1 saturated heterocycles. The molecule has 16 heavy (non-hydrogen) atoms. The van der Waals surface area contributed by atoms with Crippen LogP contribution < -0.4 is 5.32 Å². The Balaban J connectivity index is 2.41. The van der Waals surface area contributed by atoms with E-state index in [0.29, 0.717) is 12.1 Å². The highest BCUT2D eigenvalue weighted by Crippen LogP contribution is 2.17. The van der Waals surface area contributed by atoms with Crippen LogP contribution in [0, 0.1) is 11.8 Å². The SMILES string of the molecule is CC(C)CN(CC1CC(C)CCN1)C(C)C. The van der Waals surface area contributed by atoms with E-state index in [1.807, 2.05) is 0 Å². The first-order valence-electron chi connectivity index (χ1n) is 6.96. The first kappa shape index (κ1) is 14.0. The molecule has 96 valence electrons. The summed E-state index contributed by atoms with van der Waals surface area (Å²) in [6.45, 7) is 15.3. The summed E-state index contributed by atoms with van der Waals surface area (Å²) in [5, 5.41) is 3.67. The Morgan fingerprint density at radius 1 is 1.25 bits per heavy atom. The fourth-order valence-electron chi connectivity index (χ4n) is 2.61. The van der Waals surface area contributed by atoms with Crippen molar-refractivity contribution in [1.82, 2.24) is 10.2 Å². The smallest absolute Gasteiger partial charge is 0.0197 e. The molecule has 1 fully saturated rings. The first-order chi connectivity index (χ1) is 7.49. The van der Waals surface area contributed by atoms with Crippen LogP contribution in [0.15, 0.2) is 0 Å². The largest absolute Gasteiger partial charge is 0.313 e. The second-order valence-electron chi connectivity index (χ2n) is 6.22. The van der Waals surface area contributed by atoms with Crippen molar-refractivity contribution in [3.8, 4) is 0 Å². The third-order valence-electron chi connectivity index (χ3n) is 3.54. The van der Waals surface area contributed by atoms with Gasteiger partial charge >= 0.3 is 0 Å². The lowest BCUT2D eigenvalue weighted by Crippen LogP contribution is -2.48. The molecule has 2 heteroatoms. The van der Waals surface area contributed by atoms with Gasteiger partial charge in [0.05, 0.1) is 0 Å². The van der Waals surface area contributed by atoms with Gasteiger partial charge in [0.15, 0.2) is 0 Å². The van der Waals surface area contributed by atoms with Gasteiger partial charge in [-0.2, -0.15) is 0 Å². The van der Waals surface area contributed by atoms with Gasteiger partial charge in [-0.1, -0.05) is 20.8 Å². The highest BCUT2D eigenvalue weighted by Gasteiger charge is 2.22. The zero-order valence-corrected chi connectivity index (χ0v) is 11.8. The predicted octanol–water partition coefficient (Wildman–Crippen LogP) is 2.74. The van der Waals surface area contributed by atoms with Crippen LogP contribution in [0.1, 0.15) is 47.5 Å². The number of hydrogen-bond acceptors (Lipinski definition) is 2. The van der Waals surface area contributed by atoms with Gasteiger partial charge in [-0.05, 0) is 45.1 Å². The van der Waals surface area contributed by atoms with E-state index >= 15 is 0 Å². The summed E-state index contributed by atoms with van der Waals surface area (Å²) >= 11 is 0. The van der Waals surface area contributed by atoms with Crippen LogP contribution in [0.5, 0.6) is 0 Å². The lowest BCUT2D eigenvalue weighted by Gasteiger charge is -2.35. The van der Waals surface area contributed by atoms with E-state index in [0.717, 1.165) is 11.8 Å². The van der Waals surface area contributed by atoms with Crippen molar-refractivity contribution in [2.24, 2.45) is 11.8 Å². The summed E-state index contributed by atoms with van der Waals surface area (Å²) in [7, 11) is 0. The third kappa shape index (κ3) is 4.84. The van der Waals surface area contributed by atoms with E-state index in [2.05, 4.69) is 44.8 Å². The first-order valence-corrected chi connectivity index (χ1v) is 6.96. The van der Waals surface area contributed by atoms with Crippen molar-refractivity contribution >= 4 is 0 Å². The van der Waals surface area contributed by atoms with Crippen LogP contribution >= 0.6 is 0 Å². The highest BCUT2D eigenvalue weighted by atomic mass is 15.2. The van der Waals surface area contributed by atoms with Crippen LogP contribution in [-0.4, -0.2) is 36.6 Å². The second-order valence-corrected chi connectivity index (χ2v) is 6.22. The maximum atomic E-state index is 3.67. The maximum absolute atomic E-state index is 3.67. The Kier molecular flexibility index (Phi) is 5.77. The molecule has 0 amide bonds. The monoisotopic (exact) mass is 226 g/mol. The van der Waals surface area contributed by atoms with Crippen molar-refractivity contribution in [2.45, 2.75) is 59.5 Å². The molecule has 0 spiro atoms. The Labute approximate surface area is 102 Å². The molecule has 0 radical (unpaired) electrons. The molecule has 0 bridgehead atoms. The van der Waals surface area contributed by atoms with Gasteiger partial charge in [0, 0.05) is 25.2 Å². The molecule has 0 aromatic rings.